The van der Waals surface area contributed by atoms with E-state index < -0.39 is 0 Å². The topological polar surface area (TPSA) is 54.7 Å². The fourth-order valence-electron chi connectivity index (χ4n) is 2.77. The lowest BCUT2D eigenvalue weighted by atomic mass is 9.84. The van der Waals surface area contributed by atoms with Crippen LogP contribution in [-0.4, -0.2) is 16.2 Å². The normalized spacial score (nSPS) is 23.5. The van der Waals surface area contributed by atoms with Crippen LogP contribution in [0.25, 0.3) is 11.3 Å². The van der Waals surface area contributed by atoms with Crippen molar-refractivity contribution in [3.05, 3.63) is 41.8 Å². The molecule has 0 amide bonds. The van der Waals surface area contributed by atoms with Crippen molar-refractivity contribution >= 4 is 0 Å². The van der Waals surface area contributed by atoms with Crippen LogP contribution in [0.15, 0.2) is 30.3 Å². The summed E-state index contributed by atoms with van der Waals surface area (Å²) in [6.07, 6.45) is 4.34. The van der Waals surface area contributed by atoms with Crippen LogP contribution >= 0.6 is 0 Å². The first-order valence-electron chi connectivity index (χ1n) is 6.79. The Kier molecular flexibility index (Phi) is 3.34. The molecule has 0 bridgehead atoms. The van der Waals surface area contributed by atoms with Crippen LogP contribution in [0.4, 0.5) is 4.39 Å². The van der Waals surface area contributed by atoms with Gasteiger partial charge in [0, 0.05) is 23.2 Å². The Balaban J connectivity index is 1.80. The van der Waals surface area contributed by atoms with Gasteiger partial charge in [0.05, 0.1) is 5.69 Å². The summed E-state index contributed by atoms with van der Waals surface area (Å²) in [5.41, 5.74) is 8.69. The lowest BCUT2D eigenvalue weighted by Crippen LogP contribution is -2.25. The van der Waals surface area contributed by atoms with E-state index in [4.69, 9.17) is 5.73 Å². The van der Waals surface area contributed by atoms with Gasteiger partial charge in [-0.05, 0) is 43.9 Å². The van der Waals surface area contributed by atoms with Crippen molar-refractivity contribution < 1.29 is 4.39 Å². The summed E-state index contributed by atoms with van der Waals surface area (Å²) in [5.74, 6) is 0.278. The number of aromatic amines is 1. The van der Waals surface area contributed by atoms with Gasteiger partial charge in [-0.2, -0.15) is 5.10 Å². The molecule has 4 heteroatoms. The minimum absolute atomic E-state index is 0.231. The number of benzene rings is 1. The molecule has 2 aromatic rings. The maximum absolute atomic E-state index is 13.2. The van der Waals surface area contributed by atoms with Gasteiger partial charge in [-0.15, -0.1) is 0 Å². The first-order chi connectivity index (χ1) is 9.22. The quantitative estimate of drug-likeness (QED) is 0.870. The van der Waals surface area contributed by atoms with Crippen molar-refractivity contribution in [3.63, 3.8) is 0 Å². The Morgan fingerprint density at radius 3 is 2.68 bits per heavy atom. The second-order valence-electron chi connectivity index (χ2n) is 5.33. The van der Waals surface area contributed by atoms with Gasteiger partial charge >= 0.3 is 0 Å². The van der Waals surface area contributed by atoms with Gasteiger partial charge in [-0.1, -0.05) is 12.1 Å². The minimum Gasteiger partial charge on any atom is -0.328 e. The molecule has 0 radical (unpaired) electrons. The largest absolute Gasteiger partial charge is 0.328 e. The maximum atomic E-state index is 13.2. The Bertz CT molecular complexity index is 556. The number of hydrogen-bond acceptors (Lipinski definition) is 2. The predicted molar refractivity (Wildman–Crippen MR) is 73.2 cm³/mol. The van der Waals surface area contributed by atoms with Crippen molar-refractivity contribution in [1.82, 2.24) is 10.2 Å². The van der Waals surface area contributed by atoms with Crippen LogP contribution in [0.3, 0.4) is 0 Å². The molecule has 3 rings (SSSR count). The lowest BCUT2D eigenvalue weighted by molar-refractivity contribution is 0.390. The first-order valence-corrected chi connectivity index (χ1v) is 6.79. The molecule has 0 aliphatic heterocycles. The molecule has 100 valence electrons. The van der Waals surface area contributed by atoms with Crippen LogP contribution in [-0.2, 0) is 0 Å². The number of nitrogens with one attached hydrogen (secondary N) is 1. The molecular formula is C15H18FN3. The summed E-state index contributed by atoms with van der Waals surface area (Å²) in [6, 6.07) is 8.92. The molecule has 1 fully saturated rings. The molecule has 0 unspecified atom stereocenters. The van der Waals surface area contributed by atoms with Crippen molar-refractivity contribution in [2.45, 2.75) is 37.6 Å². The highest BCUT2D eigenvalue weighted by Gasteiger charge is 2.21. The highest BCUT2D eigenvalue weighted by molar-refractivity contribution is 5.59. The Morgan fingerprint density at radius 1 is 1.16 bits per heavy atom. The fraction of sp³-hybridized carbons (Fsp3) is 0.400. The summed E-state index contributed by atoms with van der Waals surface area (Å²) in [4.78, 5) is 0. The van der Waals surface area contributed by atoms with Crippen LogP contribution in [0.1, 0.15) is 37.3 Å². The van der Waals surface area contributed by atoms with Crippen LogP contribution in [0.5, 0.6) is 0 Å². The second-order valence-corrected chi connectivity index (χ2v) is 5.33. The standard InChI is InChI=1S/C15H18FN3/c16-12-3-1-2-11(8-12)15-9-14(18-19-15)10-4-6-13(17)7-5-10/h1-3,8-10,13H,4-7,17H2,(H,18,19). The Hall–Kier alpha value is -1.68. The number of aromatic nitrogens is 2. The van der Waals surface area contributed by atoms with Crippen molar-refractivity contribution in [3.8, 4) is 11.3 Å². The molecule has 3 N–H and O–H groups in total. The van der Waals surface area contributed by atoms with E-state index in [1.165, 1.54) is 12.1 Å². The van der Waals surface area contributed by atoms with Crippen molar-refractivity contribution in [2.24, 2.45) is 5.73 Å². The molecule has 1 aliphatic rings. The third-order valence-electron chi connectivity index (χ3n) is 3.93. The van der Waals surface area contributed by atoms with Gasteiger partial charge in [0.2, 0.25) is 0 Å². The minimum atomic E-state index is -0.231. The molecule has 1 aromatic carbocycles. The molecule has 0 atom stereocenters. The zero-order chi connectivity index (χ0) is 13.2. The average molecular weight is 259 g/mol. The van der Waals surface area contributed by atoms with Gasteiger partial charge in [0.1, 0.15) is 5.82 Å². The van der Waals surface area contributed by atoms with E-state index in [1.54, 1.807) is 6.07 Å². The maximum Gasteiger partial charge on any atom is 0.123 e. The fourth-order valence-corrected chi connectivity index (χ4v) is 2.77. The second kappa shape index (κ2) is 5.13. The molecule has 0 spiro atoms. The van der Waals surface area contributed by atoms with Gasteiger partial charge in [0.25, 0.3) is 0 Å². The van der Waals surface area contributed by atoms with E-state index in [9.17, 15) is 4.39 Å². The molecule has 1 heterocycles. The third-order valence-corrected chi connectivity index (χ3v) is 3.93. The van der Waals surface area contributed by atoms with E-state index in [0.29, 0.717) is 12.0 Å². The van der Waals surface area contributed by atoms with E-state index in [1.807, 2.05) is 12.1 Å². The van der Waals surface area contributed by atoms with Crippen LogP contribution in [0.2, 0.25) is 0 Å². The summed E-state index contributed by atoms with van der Waals surface area (Å²) in [5, 5.41) is 7.39. The van der Waals surface area contributed by atoms with Crippen LogP contribution < -0.4 is 5.73 Å². The van der Waals surface area contributed by atoms with Gasteiger partial charge in [-0.25, -0.2) is 4.39 Å². The molecule has 1 saturated carbocycles. The Labute approximate surface area is 112 Å². The van der Waals surface area contributed by atoms with Gasteiger partial charge in [0.15, 0.2) is 0 Å². The molecule has 1 aromatic heterocycles. The van der Waals surface area contributed by atoms with Crippen molar-refractivity contribution in [2.75, 3.05) is 0 Å². The SMILES string of the molecule is NC1CCC(c2cc(-c3cccc(F)c3)n[nH]2)CC1. The summed E-state index contributed by atoms with van der Waals surface area (Å²) < 4.78 is 13.2. The van der Waals surface area contributed by atoms with E-state index in [2.05, 4.69) is 10.2 Å². The number of H-pyrrole nitrogens is 1. The molecular weight excluding hydrogens is 241 g/mol. The Morgan fingerprint density at radius 2 is 1.95 bits per heavy atom. The molecule has 3 nitrogen and oxygen atoms in total. The monoisotopic (exact) mass is 259 g/mol. The van der Waals surface area contributed by atoms with Gasteiger partial charge in [-0.3, -0.25) is 5.10 Å². The highest BCUT2D eigenvalue weighted by Crippen LogP contribution is 2.32. The number of nitrogens with zero attached hydrogens (tertiary/aromatic N) is 1. The summed E-state index contributed by atoms with van der Waals surface area (Å²) >= 11 is 0. The number of rotatable bonds is 2. The van der Waals surface area contributed by atoms with Crippen molar-refractivity contribution in [1.29, 1.82) is 0 Å². The summed E-state index contributed by atoms with van der Waals surface area (Å²) in [6.45, 7) is 0. The molecule has 19 heavy (non-hydrogen) atoms. The zero-order valence-corrected chi connectivity index (χ0v) is 10.8. The third kappa shape index (κ3) is 2.68. The smallest absolute Gasteiger partial charge is 0.123 e. The van der Waals surface area contributed by atoms with Crippen LogP contribution in [0, 0.1) is 5.82 Å². The number of nitrogens with two attached hydrogens (primary N) is 1. The number of halogens is 1. The van der Waals surface area contributed by atoms with E-state index in [0.717, 1.165) is 42.6 Å². The highest BCUT2D eigenvalue weighted by atomic mass is 19.1. The first kappa shape index (κ1) is 12.4. The average Bonchev–Trinajstić information content (AvgIpc) is 2.89. The molecule has 1 aliphatic carbocycles. The van der Waals surface area contributed by atoms with E-state index >= 15 is 0 Å². The molecule has 0 saturated heterocycles. The van der Waals surface area contributed by atoms with Gasteiger partial charge < -0.3 is 5.73 Å². The van der Waals surface area contributed by atoms with E-state index in [-0.39, 0.29) is 5.82 Å². The predicted octanol–water partition coefficient (Wildman–Crippen LogP) is 3.20. The number of hydrogen-bond donors (Lipinski definition) is 2. The lowest BCUT2D eigenvalue weighted by Gasteiger charge is -2.24. The zero-order valence-electron chi connectivity index (χ0n) is 10.8. The summed E-state index contributed by atoms with van der Waals surface area (Å²) in [7, 11) is 0.